The molecule has 118 valence electrons. The van der Waals surface area contributed by atoms with Crippen molar-refractivity contribution in [3.05, 3.63) is 16.0 Å². The lowest BCUT2D eigenvalue weighted by atomic mass is 10.1. The Bertz CT molecular complexity index is 506. The molecule has 0 saturated carbocycles. The van der Waals surface area contributed by atoms with Crippen LogP contribution in [0, 0.1) is 13.8 Å². The fraction of sp³-hybridized carbons (Fsp3) is 0.600. The molecule has 1 rings (SSSR count). The molecule has 0 aliphatic heterocycles. The average molecular weight is 329 g/mol. The maximum absolute atomic E-state index is 12.0. The predicted molar refractivity (Wildman–Crippen MR) is 93.5 cm³/mol. The molecule has 1 aromatic rings. The highest BCUT2D eigenvalue weighted by Gasteiger charge is 2.21. The summed E-state index contributed by atoms with van der Waals surface area (Å²) in [5.74, 6) is -0.320. The van der Waals surface area contributed by atoms with Gasteiger partial charge in [-0.05, 0) is 44.5 Å². The van der Waals surface area contributed by atoms with Crippen molar-refractivity contribution in [1.29, 1.82) is 0 Å². The van der Waals surface area contributed by atoms with E-state index in [1.165, 1.54) is 7.11 Å². The minimum atomic E-state index is -0.320. The number of hydrogen-bond donors (Lipinski definition) is 1. The van der Waals surface area contributed by atoms with Crippen molar-refractivity contribution in [2.24, 2.45) is 0 Å². The molecule has 1 N–H and O–H groups in total. The van der Waals surface area contributed by atoms with Crippen LogP contribution in [-0.4, -0.2) is 36.2 Å². The Balaban J connectivity index is 2.98. The van der Waals surface area contributed by atoms with E-state index in [9.17, 15) is 4.79 Å². The molecule has 0 bridgehead atoms. The molecular formula is C15H24N2O2S2. The Labute approximate surface area is 136 Å². The number of thiophene rings is 1. The van der Waals surface area contributed by atoms with Crippen LogP contribution in [-0.2, 0) is 4.74 Å². The van der Waals surface area contributed by atoms with Gasteiger partial charge in [0.1, 0.15) is 5.00 Å². The van der Waals surface area contributed by atoms with Gasteiger partial charge in [0.25, 0.3) is 0 Å². The monoisotopic (exact) mass is 328 g/mol. The zero-order valence-electron chi connectivity index (χ0n) is 13.4. The molecule has 0 unspecified atom stereocenters. The van der Waals surface area contributed by atoms with Crippen LogP contribution in [0.1, 0.15) is 47.5 Å². The second kappa shape index (κ2) is 8.34. The summed E-state index contributed by atoms with van der Waals surface area (Å²) in [4.78, 5) is 15.2. The van der Waals surface area contributed by atoms with E-state index in [2.05, 4.69) is 24.1 Å². The van der Waals surface area contributed by atoms with E-state index < -0.39 is 0 Å². The third kappa shape index (κ3) is 4.41. The van der Waals surface area contributed by atoms with E-state index in [0.717, 1.165) is 41.4 Å². The highest BCUT2D eigenvalue weighted by molar-refractivity contribution is 7.80. The second-order valence-electron chi connectivity index (χ2n) is 4.90. The number of aryl methyl sites for hydroxylation is 1. The van der Waals surface area contributed by atoms with Gasteiger partial charge in [0.2, 0.25) is 0 Å². The number of methoxy groups -OCH3 is 1. The number of carbonyl (C=O) groups is 1. The molecule has 0 aromatic carbocycles. The molecule has 0 atom stereocenters. The molecule has 6 heteroatoms. The highest BCUT2D eigenvalue weighted by Crippen LogP contribution is 2.33. The summed E-state index contributed by atoms with van der Waals surface area (Å²) in [5.41, 5.74) is 1.55. The standard InChI is InChI=1S/C15H24N2O2S2/c1-6-8-17(9-7-2)15(20)16-13-12(14(18)19-5)10(3)11(4)21-13/h6-9H2,1-5H3,(H,16,20). The van der Waals surface area contributed by atoms with Crippen molar-refractivity contribution in [3.8, 4) is 0 Å². The van der Waals surface area contributed by atoms with Crippen LogP contribution in [0.2, 0.25) is 0 Å². The lowest BCUT2D eigenvalue weighted by Crippen LogP contribution is -2.36. The van der Waals surface area contributed by atoms with Gasteiger partial charge in [0, 0.05) is 18.0 Å². The average Bonchev–Trinajstić information content (AvgIpc) is 2.72. The molecule has 4 nitrogen and oxygen atoms in total. The van der Waals surface area contributed by atoms with Gasteiger partial charge >= 0.3 is 5.97 Å². The van der Waals surface area contributed by atoms with Gasteiger partial charge in [0.15, 0.2) is 5.11 Å². The van der Waals surface area contributed by atoms with Crippen LogP contribution in [0.25, 0.3) is 0 Å². The quantitative estimate of drug-likeness (QED) is 0.632. The summed E-state index contributed by atoms with van der Waals surface area (Å²) >= 11 is 7.03. The van der Waals surface area contributed by atoms with E-state index in [0.29, 0.717) is 10.7 Å². The largest absolute Gasteiger partial charge is 0.465 e. The number of hydrogen-bond acceptors (Lipinski definition) is 4. The van der Waals surface area contributed by atoms with Gasteiger partial charge < -0.3 is 15.0 Å². The lowest BCUT2D eigenvalue weighted by Gasteiger charge is -2.24. The van der Waals surface area contributed by atoms with Crippen molar-refractivity contribution in [1.82, 2.24) is 4.90 Å². The first-order chi connectivity index (χ1) is 9.96. The Morgan fingerprint density at radius 1 is 1.29 bits per heavy atom. The van der Waals surface area contributed by atoms with Gasteiger partial charge in [-0.15, -0.1) is 11.3 Å². The Kier molecular flexibility index (Phi) is 7.11. The molecule has 0 aliphatic rings. The molecule has 0 fully saturated rings. The van der Waals surface area contributed by atoms with Gasteiger partial charge in [-0.3, -0.25) is 0 Å². The minimum absolute atomic E-state index is 0.320. The first-order valence-electron chi connectivity index (χ1n) is 7.20. The van der Waals surface area contributed by atoms with Crippen molar-refractivity contribution in [2.45, 2.75) is 40.5 Å². The number of rotatable bonds is 6. The molecule has 0 saturated heterocycles. The van der Waals surface area contributed by atoms with Gasteiger partial charge in [-0.2, -0.15) is 0 Å². The summed E-state index contributed by atoms with van der Waals surface area (Å²) in [6, 6.07) is 0. The number of carbonyl (C=O) groups excluding carboxylic acids is 1. The van der Waals surface area contributed by atoms with Crippen molar-refractivity contribution < 1.29 is 9.53 Å². The molecular weight excluding hydrogens is 304 g/mol. The van der Waals surface area contributed by atoms with Crippen LogP contribution in [0.5, 0.6) is 0 Å². The maximum Gasteiger partial charge on any atom is 0.341 e. The summed E-state index contributed by atoms with van der Waals surface area (Å²) in [5, 5.41) is 4.68. The van der Waals surface area contributed by atoms with E-state index in [1.807, 2.05) is 13.8 Å². The number of ether oxygens (including phenoxy) is 1. The van der Waals surface area contributed by atoms with Crippen LogP contribution >= 0.6 is 23.6 Å². The minimum Gasteiger partial charge on any atom is -0.465 e. The number of nitrogens with one attached hydrogen (secondary N) is 1. The number of anilines is 1. The van der Waals surface area contributed by atoms with E-state index in [-0.39, 0.29) is 5.97 Å². The third-order valence-electron chi connectivity index (χ3n) is 3.27. The first kappa shape index (κ1) is 17.9. The zero-order valence-corrected chi connectivity index (χ0v) is 15.0. The molecule has 21 heavy (non-hydrogen) atoms. The number of nitrogens with zero attached hydrogens (tertiary/aromatic N) is 1. The molecule has 0 aliphatic carbocycles. The SMILES string of the molecule is CCCN(CCC)C(=S)Nc1sc(C)c(C)c1C(=O)OC. The van der Waals surface area contributed by atoms with Gasteiger partial charge in [0.05, 0.1) is 12.7 Å². The summed E-state index contributed by atoms with van der Waals surface area (Å²) < 4.78 is 4.88. The normalized spacial score (nSPS) is 10.3. The van der Waals surface area contributed by atoms with Crippen LogP contribution < -0.4 is 5.32 Å². The number of esters is 1. The summed E-state index contributed by atoms with van der Waals surface area (Å²) in [7, 11) is 1.40. The molecule has 1 aromatic heterocycles. The summed E-state index contributed by atoms with van der Waals surface area (Å²) in [6.45, 7) is 10.0. The zero-order chi connectivity index (χ0) is 16.0. The second-order valence-corrected chi connectivity index (χ2v) is 6.51. The van der Waals surface area contributed by atoms with Crippen LogP contribution in [0.4, 0.5) is 5.00 Å². The van der Waals surface area contributed by atoms with E-state index in [1.54, 1.807) is 11.3 Å². The predicted octanol–water partition coefficient (Wildman–Crippen LogP) is 3.97. The van der Waals surface area contributed by atoms with Crippen molar-refractivity contribution in [2.75, 3.05) is 25.5 Å². The number of thiocarbonyl (C=S) groups is 1. The highest BCUT2D eigenvalue weighted by atomic mass is 32.1. The lowest BCUT2D eigenvalue weighted by molar-refractivity contribution is 0.0601. The Hall–Kier alpha value is -1.14. The fourth-order valence-electron chi connectivity index (χ4n) is 2.09. The molecule has 0 amide bonds. The van der Waals surface area contributed by atoms with E-state index in [4.69, 9.17) is 17.0 Å². The third-order valence-corrected chi connectivity index (χ3v) is 4.75. The van der Waals surface area contributed by atoms with Crippen LogP contribution in [0.15, 0.2) is 0 Å². The fourth-order valence-corrected chi connectivity index (χ4v) is 3.49. The van der Waals surface area contributed by atoms with E-state index >= 15 is 0 Å². The summed E-state index contributed by atoms with van der Waals surface area (Å²) in [6.07, 6.45) is 2.07. The molecule has 0 spiro atoms. The van der Waals surface area contributed by atoms with Crippen LogP contribution in [0.3, 0.4) is 0 Å². The Morgan fingerprint density at radius 2 is 1.86 bits per heavy atom. The maximum atomic E-state index is 12.0. The smallest absolute Gasteiger partial charge is 0.341 e. The van der Waals surface area contributed by atoms with Gasteiger partial charge in [-0.25, -0.2) is 4.79 Å². The topological polar surface area (TPSA) is 41.6 Å². The first-order valence-corrected chi connectivity index (χ1v) is 8.42. The molecule has 1 heterocycles. The molecule has 0 radical (unpaired) electrons. The van der Waals surface area contributed by atoms with Gasteiger partial charge in [-0.1, -0.05) is 13.8 Å². The van der Waals surface area contributed by atoms with Crippen molar-refractivity contribution >= 4 is 39.6 Å². The Morgan fingerprint density at radius 3 is 2.33 bits per heavy atom. The van der Waals surface area contributed by atoms with Crippen molar-refractivity contribution in [3.63, 3.8) is 0 Å².